The fourth-order valence-corrected chi connectivity index (χ4v) is 3.59. The van der Waals surface area contributed by atoms with Crippen molar-refractivity contribution in [2.24, 2.45) is 5.41 Å². The highest BCUT2D eigenvalue weighted by molar-refractivity contribution is 5.74. The van der Waals surface area contributed by atoms with E-state index in [9.17, 15) is 9.90 Å². The summed E-state index contributed by atoms with van der Waals surface area (Å²) >= 11 is 0. The van der Waals surface area contributed by atoms with Gasteiger partial charge in [0.05, 0.1) is 30.5 Å². The summed E-state index contributed by atoms with van der Waals surface area (Å²) in [5.74, 6) is 0.678. The largest absolute Gasteiger partial charge is 0.396 e. The number of pyridine rings is 1. The second kappa shape index (κ2) is 4.76. The minimum atomic E-state index is -0.207. The topological polar surface area (TPSA) is 100 Å². The highest BCUT2D eigenvalue weighted by Gasteiger charge is 2.55. The summed E-state index contributed by atoms with van der Waals surface area (Å²) < 4.78 is 5.94. The Morgan fingerprint density at radius 3 is 3.05 bits per heavy atom. The van der Waals surface area contributed by atoms with E-state index in [0.717, 1.165) is 19.3 Å². The van der Waals surface area contributed by atoms with Crippen molar-refractivity contribution in [3.63, 3.8) is 0 Å². The van der Waals surface area contributed by atoms with Gasteiger partial charge in [0, 0.05) is 12.0 Å². The van der Waals surface area contributed by atoms with Crippen molar-refractivity contribution in [3.8, 4) is 0 Å². The highest BCUT2D eigenvalue weighted by Crippen LogP contribution is 2.52. The Bertz CT molecular complexity index is 765. The highest BCUT2D eigenvalue weighted by atomic mass is 16.5. The van der Waals surface area contributed by atoms with Crippen LogP contribution in [0.15, 0.2) is 23.3 Å². The van der Waals surface area contributed by atoms with E-state index < -0.39 is 0 Å². The number of rotatable bonds is 4. The van der Waals surface area contributed by atoms with Crippen LogP contribution in [0.25, 0.3) is 11.0 Å². The van der Waals surface area contributed by atoms with Gasteiger partial charge in [-0.15, -0.1) is 0 Å². The molecule has 7 nitrogen and oxygen atoms in total. The van der Waals surface area contributed by atoms with E-state index in [1.165, 1.54) is 6.33 Å². The van der Waals surface area contributed by atoms with Crippen molar-refractivity contribution in [2.45, 2.75) is 24.9 Å². The molecule has 2 aromatic rings. The molecule has 0 aromatic carbocycles. The minimum Gasteiger partial charge on any atom is -0.396 e. The Kier molecular flexibility index (Phi) is 2.95. The van der Waals surface area contributed by atoms with Crippen LogP contribution >= 0.6 is 0 Å². The Balaban J connectivity index is 1.52. The van der Waals surface area contributed by atoms with Gasteiger partial charge in [-0.25, -0.2) is 9.97 Å². The van der Waals surface area contributed by atoms with E-state index in [1.54, 1.807) is 12.1 Å². The zero-order valence-corrected chi connectivity index (χ0v) is 12.1. The summed E-state index contributed by atoms with van der Waals surface area (Å²) in [5, 5.41) is 13.3. The third-order valence-electron chi connectivity index (χ3n) is 4.92. The maximum absolute atomic E-state index is 11.6. The number of aliphatic hydroxyl groups excluding tert-OH is 1. The van der Waals surface area contributed by atoms with Gasteiger partial charge in [-0.05, 0) is 31.4 Å². The lowest BCUT2D eigenvalue weighted by Gasteiger charge is -2.28. The molecule has 0 spiro atoms. The molecule has 2 unspecified atom stereocenters. The van der Waals surface area contributed by atoms with E-state index in [4.69, 9.17) is 4.74 Å². The first-order valence-corrected chi connectivity index (χ1v) is 7.47. The van der Waals surface area contributed by atoms with Crippen molar-refractivity contribution < 1.29 is 9.84 Å². The van der Waals surface area contributed by atoms with Crippen LogP contribution in [-0.2, 0) is 4.74 Å². The average molecular weight is 302 g/mol. The standard InChI is InChI=1S/C15H18N4O3/c20-7-14-3-4-15(5-14,22-8-14)6-16-11-2-1-10-12(19-11)17-9-18-13(10)21/h1-2,9,20H,3-8H2,(H2,16,17,18,19,21). The van der Waals surface area contributed by atoms with Gasteiger partial charge in [0.15, 0.2) is 5.65 Å². The maximum Gasteiger partial charge on any atom is 0.260 e. The maximum atomic E-state index is 11.6. The Morgan fingerprint density at radius 1 is 1.41 bits per heavy atom. The molecular formula is C15H18N4O3. The van der Waals surface area contributed by atoms with Gasteiger partial charge in [0.2, 0.25) is 0 Å². The molecule has 1 aliphatic carbocycles. The molecule has 1 aliphatic heterocycles. The van der Waals surface area contributed by atoms with E-state index >= 15 is 0 Å². The number of aliphatic hydroxyl groups is 1. The molecule has 2 aromatic heterocycles. The monoisotopic (exact) mass is 302 g/mol. The van der Waals surface area contributed by atoms with Gasteiger partial charge < -0.3 is 20.1 Å². The number of aromatic nitrogens is 3. The van der Waals surface area contributed by atoms with Crippen molar-refractivity contribution in [1.29, 1.82) is 0 Å². The summed E-state index contributed by atoms with van der Waals surface area (Å²) in [6.45, 7) is 1.47. The molecule has 7 heteroatoms. The lowest BCUT2D eigenvalue weighted by Crippen LogP contribution is -2.35. The molecule has 2 aliphatic rings. The summed E-state index contributed by atoms with van der Waals surface area (Å²) in [6.07, 6.45) is 4.20. The van der Waals surface area contributed by atoms with Gasteiger partial charge >= 0.3 is 0 Å². The van der Waals surface area contributed by atoms with Gasteiger partial charge in [0.25, 0.3) is 5.56 Å². The lowest BCUT2D eigenvalue weighted by molar-refractivity contribution is -0.0280. The molecule has 2 fully saturated rings. The quantitative estimate of drug-likeness (QED) is 0.767. The first-order chi connectivity index (χ1) is 10.6. The normalized spacial score (nSPS) is 30.0. The number of ether oxygens (including phenoxy) is 1. The number of hydrogen-bond donors (Lipinski definition) is 3. The summed E-state index contributed by atoms with van der Waals surface area (Å²) in [4.78, 5) is 22.6. The molecule has 4 rings (SSSR count). The number of anilines is 1. The molecule has 2 bridgehead atoms. The van der Waals surface area contributed by atoms with Crippen molar-refractivity contribution >= 4 is 16.9 Å². The summed E-state index contributed by atoms with van der Waals surface area (Å²) in [5.41, 5.74) is -0.0195. The zero-order chi connectivity index (χ0) is 15.2. The smallest absolute Gasteiger partial charge is 0.260 e. The second-order valence-corrected chi connectivity index (χ2v) is 6.46. The third kappa shape index (κ3) is 2.08. The van der Waals surface area contributed by atoms with Crippen LogP contribution in [0.1, 0.15) is 19.3 Å². The van der Waals surface area contributed by atoms with Gasteiger partial charge in [-0.2, -0.15) is 0 Å². The number of aromatic amines is 1. The van der Waals surface area contributed by atoms with Crippen molar-refractivity contribution in [1.82, 2.24) is 15.0 Å². The summed E-state index contributed by atoms with van der Waals surface area (Å²) in [7, 11) is 0. The van der Waals surface area contributed by atoms with Crippen molar-refractivity contribution in [2.75, 3.05) is 25.1 Å². The fourth-order valence-electron chi connectivity index (χ4n) is 3.59. The molecule has 2 atom stereocenters. The molecule has 1 saturated heterocycles. The van der Waals surface area contributed by atoms with Gasteiger partial charge in [0.1, 0.15) is 5.82 Å². The van der Waals surface area contributed by atoms with E-state index in [1.807, 2.05) is 0 Å². The number of fused-ring (bicyclic) bond motifs is 3. The molecule has 3 N–H and O–H groups in total. The Morgan fingerprint density at radius 2 is 2.32 bits per heavy atom. The molecular weight excluding hydrogens is 284 g/mol. The second-order valence-electron chi connectivity index (χ2n) is 6.46. The van der Waals surface area contributed by atoms with E-state index in [-0.39, 0.29) is 23.2 Å². The molecule has 0 radical (unpaired) electrons. The average Bonchev–Trinajstić information content (AvgIpc) is 3.10. The number of H-pyrrole nitrogens is 1. The van der Waals surface area contributed by atoms with Crippen LogP contribution < -0.4 is 10.9 Å². The fraction of sp³-hybridized carbons (Fsp3) is 0.533. The van der Waals surface area contributed by atoms with E-state index in [2.05, 4.69) is 20.3 Å². The number of nitrogens with zero attached hydrogens (tertiary/aromatic N) is 2. The molecule has 22 heavy (non-hydrogen) atoms. The molecule has 3 heterocycles. The first kappa shape index (κ1) is 13.7. The molecule has 116 valence electrons. The number of hydrogen-bond acceptors (Lipinski definition) is 6. The van der Waals surface area contributed by atoms with Crippen LogP contribution in [0.4, 0.5) is 5.82 Å². The zero-order valence-electron chi connectivity index (χ0n) is 12.1. The van der Waals surface area contributed by atoms with Crippen molar-refractivity contribution in [3.05, 3.63) is 28.8 Å². The summed E-state index contributed by atoms with van der Waals surface area (Å²) in [6, 6.07) is 3.50. The predicted octanol–water partition coefficient (Wildman–Crippen LogP) is 0.662. The van der Waals surface area contributed by atoms with Gasteiger partial charge in [-0.3, -0.25) is 4.79 Å². The lowest BCUT2D eigenvalue weighted by atomic mass is 9.89. The van der Waals surface area contributed by atoms with Crippen LogP contribution in [-0.4, -0.2) is 45.4 Å². The van der Waals surface area contributed by atoms with E-state index in [0.29, 0.717) is 30.0 Å². The van der Waals surface area contributed by atoms with Crippen LogP contribution in [0, 0.1) is 5.41 Å². The third-order valence-corrected chi connectivity index (χ3v) is 4.92. The predicted molar refractivity (Wildman–Crippen MR) is 80.7 cm³/mol. The number of nitrogens with one attached hydrogen (secondary N) is 2. The SMILES string of the molecule is O=c1[nH]cnc2nc(NCC34CCC(CO)(CO3)C4)ccc12. The van der Waals surface area contributed by atoms with Gasteiger partial charge in [-0.1, -0.05) is 0 Å². The Hall–Kier alpha value is -1.99. The molecule has 1 saturated carbocycles. The minimum absolute atomic E-state index is 0.0483. The van der Waals surface area contributed by atoms with Crippen LogP contribution in [0.5, 0.6) is 0 Å². The molecule has 0 amide bonds. The van der Waals surface area contributed by atoms with Crippen LogP contribution in [0.2, 0.25) is 0 Å². The first-order valence-electron chi connectivity index (χ1n) is 7.47. The van der Waals surface area contributed by atoms with Crippen LogP contribution in [0.3, 0.4) is 0 Å². The Labute approximate surface area is 126 Å².